The number of nitrogens with two attached hydrogens (primary N) is 1. The Balaban J connectivity index is 2.04. The number of ether oxygens (including phenoxy) is 1. The highest BCUT2D eigenvalue weighted by atomic mass is 35.5. The molecule has 24 heavy (non-hydrogen) atoms. The summed E-state index contributed by atoms with van der Waals surface area (Å²) in [5.74, 6) is -1.64. The summed E-state index contributed by atoms with van der Waals surface area (Å²) < 4.78 is 18.1. The van der Waals surface area contributed by atoms with E-state index in [-0.39, 0.29) is 17.3 Å². The Morgan fingerprint density at radius 1 is 1.25 bits per heavy atom. The fraction of sp³-hybridized carbons (Fsp3) is 0.200. The van der Waals surface area contributed by atoms with Crippen molar-refractivity contribution in [1.82, 2.24) is 10.2 Å². The Bertz CT molecular complexity index is 725. The molecule has 0 fully saturated rings. The molecule has 2 aromatic rings. The van der Waals surface area contributed by atoms with Gasteiger partial charge in [0.05, 0.1) is 0 Å². The van der Waals surface area contributed by atoms with Gasteiger partial charge in [-0.05, 0) is 24.3 Å². The minimum Gasteiger partial charge on any atom is -0.446 e. The summed E-state index contributed by atoms with van der Waals surface area (Å²) in [5, 5.41) is 7.70. The van der Waals surface area contributed by atoms with Crippen molar-refractivity contribution in [3.63, 3.8) is 0 Å². The number of hydrogen-bond acceptors (Lipinski definition) is 6. The van der Waals surface area contributed by atoms with Gasteiger partial charge in [0, 0.05) is 12.6 Å². The zero-order valence-electron chi connectivity index (χ0n) is 12.6. The molecule has 0 radical (unpaired) electrons. The standard InChI is InChI=1S/C15H14ClFN4O3/c1-21(12-7-6-11(16)19-20-12)8-13(22)24-14(15(18)23)9-2-4-10(17)5-3-9/h2-7,14H,8H2,1H3,(H2,18,23). The molecule has 0 aliphatic carbocycles. The van der Waals surface area contributed by atoms with E-state index in [0.29, 0.717) is 5.82 Å². The molecule has 0 spiro atoms. The number of esters is 1. The summed E-state index contributed by atoms with van der Waals surface area (Å²) in [4.78, 5) is 25.0. The number of amides is 1. The van der Waals surface area contributed by atoms with Crippen LogP contribution >= 0.6 is 11.6 Å². The van der Waals surface area contributed by atoms with Gasteiger partial charge in [0.1, 0.15) is 12.4 Å². The SMILES string of the molecule is CN(CC(=O)OC(C(N)=O)c1ccc(F)cc1)c1ccc(Cl)nn1. The number of rotatable bonds is 6. The number of benzene rings is 1. The van der Waals surface area contributed by atoms with Crippen LogP contribution in [0, 0.1) is 5.82 Å². The Morgan fingerprint density at radius 3 is 2.46 bits per heavy atom. The number of primary amides is 1. The van der Waals surface area contributed by atoms with Crippen LogP contribution in [0.25, 0.3) is 0 Å². The summed E-state index contributed by atoms with van der Waals surface area (Å²) in [7, 11) is 1.59. The molecule has 1 unspecified atom stereocenters. The third kappa shape index (κ3) is 4.63. The summed E-state index contributed by atoms with van der Waals surface area (Å²) >= 11 is 5.64. The van der Waals surface area contributed by atoms with E-state index in [4.69, 9.17) is 22.1 Å². The molecule has 126 valence electrons. The third-order valence-electron chi connectivity index (χ3n) is 3.06. The molecular formula is C15H14ClFN4O3. The molecule has 2 rings (SSSR count). The Hall–Kier alpha value is -2.74. The maximum absolute atomic E-state index is 12.9. The molecule has 1 heterocycles. The van der Waals surface area contributed by atoms with Crippen molar-refractivity contribution >= 4 is 29.3 Å². The zero-order valence-corrected chi connectivity index (χ0v) is 13.4. The van der Waals surface area contributed by atoms with Crippen molar-refractivity contribution in [2.24, 2.45) is 5.73 Å². The lowest BCUT2D eigenvalue weighted by atomic mass is 10.1. The van der Waals surface area contributed by atoms with E-state index in [0.717, 1.165) is 12.1 Å². The van der Waals surface area contributed by atoms with Crippen LogP contribution in [-0.4, -0.2) is 35.7 Å². The van der Waals surface area contributed by atoms with Gasteiger partial charge in [0.15, 0.2) is 11.0 Å². The number of carbonyl (C=O) groups excluding carboxylic acids is 2. The summed E-state index contributed by atoms with van der Waals surface area (Å²) in [6.07, 6.45) is -1.30. The number of carbonyl (C=O) groups is 2. The van der Waals surface area contributed by atoms with Gasteiger partial charge in [0.25, 0.3) is 5.91 Å². The Kier molecular flexibility index (Phi) is 5.64. The number of aromatic nitrogens is 2. The topological polar surface area (TPSA) is 98.4 Å². The van der Waals surface area contributed by atoms with Gasteiger partial charge in [-0.2, -0.15) is 0 Å². The predicted octanol–water partition coefficient (Wildman–Crippen LogP) is 1.48. The highest BCUT2D eigenvalue weighted by molar-refractivity contribution is 6.29. The lowest BCUT2D eigenvalue weighted by molar-refractivity contribution is -0.154. The molecule has 9 heteroatoms. The van der Waals surface area contributed by atoms with E-state index >= 15 is 0 Å². The van der Waals surface area contributed by atoms with Crippen molar-refractivity contribution in [2.75, 3.05) is 18.5 Å². The summed E-state index contributed by atoms with van der Waals surface area (Å²) in [6.45, 7) is -0.193. The van der Waals surface area contributed by atoms with Crippen LogP contribution in [-0.2, 0) is 14.3 Å². The van der Waals surface area contributed by atoms with E-state index < -0.39 is 23.8 Å². The second-order valence-electron chi connectivity index (χ2n) is 4.89. The monoisotopic (exact) mass is 352 g/mol. The van der Waals surface area contributed by atoms with Crippen molar-refractivity contribution in [3.05, 3.63) is 52.9 Å². The van der Waals surface area contributed by atoms with Crippen LogP contribution in [0.3, 0.4) is 0 Å². The zero-order chi connectivity index (χ0) is 17.7. The normalized spacial score (nSPS) is 11.6. The van der Waals surface area contributed by atoms with Gasteiger partial charge in [0.2, 0.25) is 6.10 Å². The van der Waals surface area contributed by atoms with E-state index in [9.17, 15) is 14.0 Å². The highest BCUT2D eigenvalue weighted by Crippen LogP contribution is 2.18. The van der Waals surface area contributed by atoms with Crippen molar-refractivity contribution in [2.45, 2.75) is 6.10 Å². The first-order chi connectivity index (χ1) is 11.4. The predicted molar refractivity (Wildman–Crippen MR) is 84.7 cm³/mol. The number of halogens is 2. The summed E-state index contributed by atoms with van der Waals surface area (Å²) in [5.41, 5.74) is 5.54. The smallest absolute Gasteiger partial charge is 0.326 e. The molecule has 0 saturated carbocycles. The first-order valence-corrected chi connectivity index (χ1v) is 7.19. The Morgan fingerprint density at radius 2 is 1.92 bits per heavy atom. The number of anilines is 1. The second-order valence-corrected chi connectivity index (χ2v) is 5.28. The van der Waals surface area contributed by atoms with Crippen LogP contribution in [0.2, 0.25) is 5.15 Å². The first-order valence-electron chi connectivity index (χ1n) is 6.81. The number of likely N-dealkylation sites (N-methyl/N-ethyl adjacent to an activating group) is 1. The molecule has 1 aromatic carbocycles. The minimum absolute atomic E-state index is 0.193. The average molecular weight is 353 g/mol. The quantitative estimate of drug-likeness (QED) is 0.790. The maximum atomic E-state index is 12.9. The van der Waals surface area contributed by atoms with Crippen molar-refractivity contribution < 1.29 is 18.7 Å². The van der Waals surface area contributed by atoms with Gasteiger partial charge in [-0.15, -0.1) is 10.2 Å². The third-order valence-corrected chi connectivity index (χ3v) is 3.26. The van der Waals surface area contributed by atoms with E-state index in [1.54, 1.807) is 13.1 Å². The molecule has 1 atom stereocenters. The molecule has 7 nitrogen and oxygen atoms in total. The minimum atomic E-state index is -1.30. The molecule has 0 aliphatic heterocycles. The maximum Gasteiger partial charge on any atom is 0.326 e. The van der Waals surface area contributed by atoms with Crippen LogP contribution < -0.4 is 10.6 Å². The van der Waals surface area contributed by atoms with Gasteiger partial charge in [-0.1, -0.05) is 23.7 Å². The van der Waals surface area contributed by atoms with Crippen LogP contribution in [0.4, 0.5) is 10.2 Å². The van der Waals surface area contributed by atoms with Crippen molar-refractivity contribution in [1.29, 1.82) is 0 Å². The lowest BCUT2D eigenvalue weighted by Gasteiger charge is -2.19. The highest BCUT2D eigenvalue weighted by Gasteiger charge is 2.23. The van der Waals surface area contributed by atoms with Crippen LogP contribution in [0.15, 0.2) is 36.4 Å². The van der Waals surface area contributed by atoms with Crippen LogP contribution in [0.1, 0.15) is 11.7 Å². The molecule has 0 aliphatic rings. The molecule has 0 saturated heterocycles. The molecule has 2 N–H and O–H groups in total. The van der Waals surface area contributed by atoms with Gasteiger partial charge < -0.3 is 15.4 Å². The van der Waals surface area contributed by atoms with E-state index in [1.165, 1.54) is 23.1 Å². The van der Waals surface area contributed by atoms with E-state index in [1.807, 2.05) is 0 Å². The molecule has 0 bridgehead atoms. The summed E-state index contributed by atoms with van der Waals surface area (Å²) in [6, 6.07) is 8.05. The fourth-order valence-corrected chi connectivity index (χ4v) is 1.98. The molecular weight excluding hydrogens is 339 g/mol. The molecule has 1 amide bonds. The lowest BCUT2D eigenvalue weighted by Crippen LogP contribution is -2.32. The first kappa shape index (κ1) is 17.6. The second kappa shape index (κ2) is 7.69. The Labute approximate surface area is 142 Å². The number of nitrogens with zero attached hydrogens (tertiary/aromatic N) is 3. The largest absolute Gasteiger partial charge is 0.446 e. The van der Waals surface area contributed by atoms with Gasteiger partial charge in [-0.25, -0.2) is 4.39 Å². The molecule has 1 aromatic heterocycles. The van der Waals surface area contributed by atoms with E-state index in [2.05, 4.69) is 10.2 Å². The fourth-order valence-electron chi connectivity index (χ4n) is 1.88. The van der Waals surface area contributed by atoms with Gasteiger partial charge in [-0.3, -0.25) is 9.59 Å². The average Bonchev–Trinajstić information content (AvgIpc) is 2.54. The van der Waals surface area contributed by atoms with Crippen LogP contribution in [0.5, 0.6) is 0 Å². The van der Waals surface area contributed by atoms with Crippen molar-refractivity contribution in [3.8, 4) is 0 Å². The number of hydrogen-bond donors (Lipinski definition) is 1. The van der Waals surface area contributed by atoms with Gasteiger partial charge >= 0.3 is 5.97 Å².